The van der Waals surface area contributed by atoms with Crippen molar-refractivity contribution in [2.24, 2.45) is 0 Å². The van der Waals surface area contributed by atoms with Crippen molar-refractivity contribution in [3.05, 3.63) is 63.1 Å². The second-order valence-electron chi connectivity index (χ2n) is 4.55. The normalized spacial score (nSPS) is 10.9. The monoisotopic (exact) mass is 391 g/mol. The lowest BCUT2D eigenvalue weighted by atomic mass is 10.0. The molecule has 6 heteroatoms. The molecule has 0 aliphatic rings. The lowest BCUT2D eigenvalue weighted by molar-refractivity contribution is -0.139. The molecule has 1 N–H and O–H groups in total. The molecule has 0 aliphatic heterocycles. The standard InChI is InChI=1S/C17H11BrClNO3/c18-14-3-1-2-12(8-14)13(9-20)6-11-4-5-16(15(19)7-11)23-10-17(21)22/h1-8H,10H2,(H,21,22)/b13-6-. The van der Waals surface area contributed by atoms with Gasteiger partial charge in [0.05, 0.1) is 16.7 Å². The third-order valence-electron chi connectivity index (χ3n) is 2.87. The molecule has 0 aromatic heterocycles. The molecule has 0 unspecified atom stereocenters. The Kier molecular flexibility index (Phi) is 5.80. The molecular weight excluding hydrogens is 382 g/mol. The zero-order valence-electron chi connectivity index (χ0n) is 11.8. The second-order valence-corrected chi connectivity index (χ2v) is 5.88. The van der Waals surface area contributed by atoms with Crippen molar-refractivity contribution in [1.82, 2.24) is 0 Å². The minimum Gasteiger partial charge on any atom is -0.480 e. The topological polar surface area (TPSA) is 70.3 Å². The lowest BCUT2D eigenvalue weighted by Crippen LogP contribution is -2.09. The van der Waals surface area contributed by atoms with Crippen molar-refractivity contribution in [3.8, 4) is 11.8 Å². The van der Waals surface area contributed by atoms with Crippen LogP contribution in [0.4, 0.5) is 0 Å². The summed E-state index contributed by atoms with van der Waals surface area (Å²) < 4.78 is 5.94. The molecule has 0 fully saturated rings. The van der Waals surface area contributed by atoms with Gasteiger partial charge in [-0.15, -0.1) is 0 Å². The van der Waals surface area contributed by atoms with Crippen LogP contribution in [-0.2, 0) is 4.79 Å². The van der Waals surface area contributed by atoms with Gasteiger partial charge in [-0.05, 0) is 41.5 Å². The van der Waals surface area contributed by atoms with Gasteiger partial charge in [0.25, 0.3) is 0 Å². The van der Waals surface area contributed by atoms with Gasteiger partial charge >= 0.3 is 5.97 Å². The molecule has 0 aliphatic carbocycles. The predicted octanol–water partition coefficient (Wildman–Crippen LogP) is 4.63. The van der Waals surface area contributed by atoms with Crippen LogP contribution in [0.2, 0.25) is 5.02 Å². The summed E-state index contributed by atoms with van der Waals surface area (Å²) >= 11 is 9.45. The van der Waals surface area contributed by atoms with Gasteiger partial charge in [-0.1, -0.05) is 45.7 Å². The molecule has 0 saturated carbocycles. The van der Waals surface area contributed by atoms with Gasteiger partial charge in [0.2, 0.25) is 0 Å². The number of hydrogen-bond donors (Lipinski definition) is 1. The van der Waals surface area contributed by atoms with E-state index in [1.165, 1.54) is 0 Å². The fraction of sp³-hybridized carbons (Fsp3) is 0.0588. The molecule has 2 aromatic rings. The Morgan fingerprint density at radius 3 is 2.74 bits per heavy atom. The summed E-state index contributed by atoms with van der Waals surface area (Å²) in [5.41, 5.74) is 1.99. The van der Waals surface area contributed by atoms with E-state index in [9.17, 15) is 10.1 Å². The van der Waals surface area contributed by atoms with Crippen molar-refractivity contribution in [1.29, 1.82) is 5.26 Å². The fourth-order valence-corrected chi connectivity index (χ4v) is 2.51. The first kappa shape index (κ1) is 17.1. The smallest absolute Gasteiger partial charge is 0.341 e. The maximum atomic E-state index is 10.5. The number of carbonyl (C=O) groups is 1. The van der Waals surface area contributed by atoms with E-state index in [0.717, 1.165) is 10.0 Å². The molecule has 2 rings (SSSR count). The average molecular weight is 393 g/mol. The number of nitriles is 1. The van der Waals surface area contributed by atoms with Crippen LogP contribution < -0.4 is 4.74 Å². The highest BCUT2D eigenvalue weighted by molar-refractivity contribution is 9.10. The Hall–Kier alpha value is -2.29. The average Bonchev–Trinajstić information content (AvgIpc) is 2.51. The van der Waals surface area contributed by atoms with Crippen LogP contribution in [0.15, 0.2) is 46.9 Å². The number of halogens is 2. The summed E-state index contributed by atoms with van der Waals surface area (Å²) in [6, 6.07) is 14.5. The highest BCUT2D eigenvalue weighted by Crippen LogP contribution is 2.28. The largest absolute Gasteiger partial charge is 0.480 e. The highest BCUT2D eigenvalue weighted by atomic mass is 79.9. The number of allylic oxidation sites excluding steroid dienone is 1. The number of benzene rings is 2. The first-order chi connectivity index (χ1) is 11.0. The van der Waals surface area contributed by atoms with E-state index in [2.05, 4.69) is 22.0 Å². The first-order valence-electron chi connectivity index (χ1n) is 6.51. The molecule has 0 bridgehead atoms. The van der Waals surface area contributed by atoms with E-state index < -0.39 is 12.6 Å². The van der Waals surface area contributed by atoms with Crippen molar-refractivity contribution in [3.63, 3.8) is 0 Å². The molecule has 116 valence electrons. The molecule has 23 heavy (non-hydrogen) atoms. The molecule has 2 aromatic carbocycles. The summed E-state index contributed by atoms with van der Waals surface area (Å²) in [7, 11) is 0. The van der Waals surface area contributed by atoms with E-state index in [1.807, 2.05) is 24.3 Å². The quantitative estimate of drug-likeness (QED) is 0.595. The number of ether oxygens (including phenoxy) is 1. The van der Waals surface area contributed by atoms with E-state index in [4.69, 9.17) is 21.4 Å². The minimum atomic E-state index is -1.08. The molecule has 0 amide bonds. The van der Waals surface area contributed by atoms with Crippen LogP contribution in [-0.4, -0.2) is 17.7 Å². The Labute approximate surface area is 146 Å². The Bertz CT molecular complexity index is 812. The second kappa shape index (κ2) is 7.82. The first-order valence-corrected chi connectivity index (χ1v) is 7.68. The summed E-state index contributed by atoms with van der Waals surface area (Å²) in [6.45, 7) is -0.462. The zero-order chi connectivity index (χ0) is 16.8. The van der Waals surface area contributed by atoms with Gasteiger partial charge in [0.15, 0.2) is 6.61 Å². The molecule has 0 saturated heterocycles. The summed E-state index contributed by atoms with van der Waals surface area (Å²) in [5.74, 6) is -0.793. The maximum Gasteiger partial charge on any atom is 0.341 e. The Morgan fingerprint density at radius 2 is 2.13 bits per heavy atom. The molecule has 4 nitrogen and oxygen atoms in total. The van der Waals surface area contributed by atoms with Gasteiger partial charge < -0.3 is 9.84 Å². The fourth-order valence-electron chi connectivity index (χ4n) is 1.87. The van der Waals surface area contributed by atoms with Crippen LogP contribution in [0.3, 0.4) is 0 Å². The third kappa shape index (κ3) is 4.85. The van der Waals surface area contributed by atoms with Crippen LogP contribution in [0, 0.1) is 11.3 Å². The number of rotatable bonds is 5. The lowest BCUT2D eigenvalue weighted by Gasteiger charge is -2.06. The molecule has 0 heterocycles. The van der Waals surface area contributed by atoms with Gasteiger partial charge in [-0.2, -0.15) is 5.26 Å². The number of carboxylic acids is 1. The van der Waals surface area contributed by atoms with Crippen molar-refractivity contribution < 1.29 is 14.6 Å². The zero-order valence-corrected chi connectivity index (χ0v) is 14.1. The van der Waals surface area contributed by atoms with Crippen LogP contribution in [0.1, 0.15) is 11.1 Å². The Morgan fingerprint density at radius 1 is 1.35 bits per heavy atom. The molecule has 0 spiro atoms. The van der Waals surface area contributed by atoms with E-state index >= 15 is 0 Å². The van der Waals surface area contributed by atoms with Crippen molar-refractivity contribution in [2.45, 2.75) is 0 Å². The van der Waals surface area contributed by atoms with Crippen LogP contribution in [0.5, 0.6) is 5.75 Å². The van der Waals surface area contributed by atoms with E-state index in [-0.39, 0.29) is 10.8 Å². The predicted molar refractivity (Wildman–Crippen MR) is 92.2 cm³/mol. The SMILES string of the molecule is N#C/C(=C/c1ccc(OCC(=O)O)c(Cl)c1)c1cccc(Br)c1. The number of nitrogens with zero attached hydrogens (tertiary/aromatic N) is 1. The van der Waals surface area contributed by atoms with Gasteiger partial charge in [-0.3, -0.25) is 0 Å². The van der Waals surface area contributed by atoms with Gasteiger partial charge in [0.1, 0.15) is 5.75 Å². The van der Waals surface area contributed by atoms with Crippen LogP contribution in [0.25, 0.3) is 11.6 Å². The van der Waals surface area contributed by atoms with Gasteiger partial charge in [-0.25, -0.2) is 4.79 Å². The van der Waals surface area contributed by atoms with Crippen LogP contribution >= 0.6 is 27.5 Å². The third-order valence-corrected chi connectivity index (χ3v) is 3.66. The number of carboxylic acid groups (broad SMARTS) is 1. The van der Waals surface area contributed by atoms with E-state index in [1.54, 1.807) is 24.3 Å². The minimum absolute atomic E-state index is 0.284. The summed E-state index contributed by atoms with van der Waals surface area (Å²) in [6.07, 6.45) is 1.70. The number of aliphatic carboxylic acids is 1. The Balaban J connectivity index is 2.29. The molecular formula is C17H11BrClNO3. The molecule has 0 radical (unpaired) electrons. The highest BCUT2D eigenvalue weighted by Gasteiger charge is 2.06. The number of hydrogen-bond acceptors (Lipinski definition) is 3. The van der Waals surface area contributed by atoms with Crippen molar-refractivity contribution in [2.75, 3.05) is 6.61 Å². The van der Waals surface area contributed by atoms with E-state index in [0.29, 0.717) is 11.1 Å². The van der Waals surface area contributed by atoms with Gasteiger partial charge in [0, 0.05) is 4.47 Å². The molecule has 0 atom stereocenters. The summed E-state index contributed by atoms with van der Waals surface area (Å²) in [5, 5.41) is 18.2. The maximum absolute atomic E-state index is 10.5. The van der Waals surface area contributed by atoms with Crippen molar-refractivity contribution >= 4 is 45.1 Å². The summed E-state index contributed by atoms with van der Waals surface area (Å²) in [4.78, 5) is 10.5.